The minimum atomic E-state index is -4.03. The number of anilines is 1. The summed E-state index contributed by atoms with van der Waals surface area (Å²) in [7, 11) is -4.03. The van der Waals surface area contributed by atoms with Crippen LogP contribution in [0.15, 0.2) is 46.5 Å². The van der Waals surface area contributed by atoms with Crippen LogP contribution in [0.2, 0.25) is 0 Å². The van der Waals surface area contributed by atoms with Gasteiger partial charge in [-0.1, -0.05) is 25.1 Å². The number of benzene rings is 2. The number of β-lactam (4-membered cyclic amide) rings is 1. The van der Waals surface area contributed by atoms with Gasteiger partial charge in [-0.05, 0) is 35.6 Å². The molecule has 0 spiro atoms. The Bertz CT molecular complexity index is 1750. The lowest BCUT2D eigenvalue weighted by Crippen LogP contribution is -3.00. The van der Waals surface area contributed by atoms with Crippen molar-refractivity contribution in [2.24, 2.45) is 17.6 Å². The average molecular weight is 660 g/mol. The second-order valence-electron chi connectivity index (χ2n) is 13.5. The zero-order valence-corrected chi connectivity index (χ0v) is 26.9. The van der Waals surface area contributed by atoms with Gasteiger partial charge in [0.2, 0.25) is 5.91 Å². The number of sulfonamides is 1. The molecular formula is C31H38ClN5O7S. The number of carboxylic acid groups (broad SMARTS) is 1. The number of aliphatic hydroxyl groups excluding tert-OH is 1. The molecule has 45 heavy (non-hydrogen) atoms. The summed E-state index contributed by atoms with van der Waals surface area (Å²) in [5.74, 6) is -3.50. The number of primary amides is 1. The number of quaternary nitrogens is 2. The molecule has 8 rings (SSSR count). The van der Waals surface area contributed by atoms with Gasteiger partial charge in [0.25, 0.3) is 15.9 Å². The van der Waals surface area contributed by atoms with Gasteiger partial charge in [-0.15, -0.1) is 0 Å². The number of carboxylic acids is 1. The molecule has 0 unspecified atom stereocenters. The molecule has 4 atom stereocenters. The van der Waals surface area contributed by atoms with Gasteiger partial charge in [0.15, 0.2) is 6.54 Å². The lowest BCUT2D eigenvalue weighted by molar-refractivity contribution is -1.08. The lowest BCUT2D eigenvalue weighted by atomic mass is 9.78. The van der Waals surface area contributed by atoms with Crippen LogP contribution in [0.5, 0.6) is 0 Å². The van der Waals surface area contributed by atoms with E-state index in [4.69, 9.17) is 5.73 Å². The number of amides is 2. The number of carbonyl (C=O) groups is 3. The van der Waals surface area contributed by atoms with Crippen molar-refractivity contribution < 1.29 is 54.4 Å². The van der Waals surface area contributed by atoms with Crippen LogP contribution in [0.25, 0.3) is 10.8 Å². The van der Waals surface area contributed by atoms with E-state index in [0.717, 1.165) is 70.6 Å². The van der Waals surface area contributed by atoms with E-state index in [1.165, 1.54) is 11.2 Å². The first-order valence-electron chi connectivity index (χ1n) is 15.3. The summed E-state index contributed by atoms with van der Waals surface area (Å²) in [5, 5.41) is 23.9. The van der Waals surface area contributed by atoms with Crippen LogP contribution in [-0.2, 0) is 30.8 Å². The smallest absolute Gasteiger partial charge is 0.272 e. The van der Waals surface area contributed by atoms with Gasteiger partial charge in [0.05, 0.1) is 53.4 Å². The third-order valence-corrected chi connectivity index (χ3v) is 12.9. The molecule has 2 amide bonds. The molecular weight excluding hydrogens is 622 g/mol. The first kappa shape index (κ1) is 31.7. The van der Waals surface area contributed by atoms with Gasteiger partial charge in [0, 0.05) is 17.7 Å². The number of aliphatic carboxylic acids is 1. The van der Waals surface area contributed by atoms with Crippen LogP contribution in [0.1, 0.15) is 19.4 Å². The molecule has 6 aliphatic heterocycles. The summed E-state index contributed by atoms with van der Waals surface area (Å²) in [6, 6.07) is 8.67. The fourth-order valence-electron chi connectivity index (χ4n) is 8.61. The number of rotatable bonds is 9. The van der Waals surface area contributed by atoms with Crippen molar-refractivity contribution in [3.63, 3.8) is 0 Å². The maximum absolute atomic E-state index is 14.1. The van der Waals surface area contributed by atoms with Gasteiger partial charge in [-0.3, -0.25) is 13.9 Å². The number of halogens is 1. The molecule has 0 aliphatic carbocycles. The number of carbonyl (C=O) groups excluding carboxylic acids is 3. The van der Waals surface area contributed by atoms with E-state index in [0.29, 0.717) is 29.6 Å². The van der Waals surface area contributed by atoms with Gasteiger partial charge >= 0.3 is 0 Å². The van der Waals surface area contributed by atoms with Crippen molar-refractivity contribution in [2.45, 2.75) is 37.3 Å². The molecule has 242 valence electrons. The van der Waals surface area contributed by atoms with Crippen molar-refractivity contribution in [2.75, 3.05) is 63.2 Å². The zero-order valence-electron chi connectivity index (χ0n) is 25.3. The Labute approximate surface area is 268 Å². The number of aliphatic hydroxyl groups is 1. The minimum Gasteiger partial charge on any atom is -1.00 e. The average Bonchev–Trinajstić information content (AvgIpc) is 3.34. The predicted octanol–water partition coefficient (Wildman–Crippen LogP) is -4.10. The largest absolute Gasteiger partial charge is 1.00 e. The van der Waals surface area contributed by atoms with E-state index in [2.05, 4.69) is 0 Å². The first-order valence-corrected chi connectivity index (χ1v) is 16.7. The molecule has 0 radical (unpaired) electrons. The summed E-state index contributed by atoms with van der Waals surface area (Å²) in [6.45, 7) is 9.96. The lowest BCUT2D eigenvalue weighted by Gasteiger charge is -2.55. The normalized spacial score (nSPS) is 31.5. The molecule has 2 aromatic carbocycles. The Morgan fingerprint density at radius 2 is 1.76 bits per heavy atom. The number of hydrogen-bond donors (Lipinski definition) is 2. The SMILES string of the molecule is C[C@@H](O)[C@H]1C(=O)N2C(C(=O)[O-])=C(CN3c4cccc5cc(CC[N+]67CC[N+](CC(N)=O)(CC6)CC7)cc(c45)S3(=O)=O)[C@H](C)[C@H]12.[Cl-]. The maximum atomic E-state index is 14.1. The van der Waals surface area contributed by atoms with Crippen molar-refractivity contribution in [3.05, 3.63) is 47.2 Å². The van der Waals surface area contributed by atoms with Crippen molar-refractivity contribution >= 4 is 44.3 Å². The summed E-state index contributed by atoms with van der Waals surface area (Å²) in [6.07, 6.45) is -0.257. The third-order valence-electron chi connectivity index (χ3n) is 11.2. The van der Waals surface area contributed by atoms with E-state index in [9.17, 15) is 33.0 Å². The van der Waals surface area contributed by atoms with Gasteiger partial charge in [-0.25, -0.2) is 8.42 Å². The van der Waals surface area contributed by atoms with Crippen LogP contribution in [-0.4, -0.2) is 116 Å². The van der Waals surface area contributed by atoms with E-state index in [1.54, 1.807) is 25.1 Å². The number of hydrogen-bond acceptors (Lipinski definition) is 7. The molecule has 4 fully saturated rings. The maximum Gasteiger partial charge on any atom is 0.272 e. The monoisotopic (exact) mass is 659 g/mol. The Hall–Kier alpha value is -3.23. The highest BCUT2D eigenvalue weighted by Gasteiger charge is 2.59. The number of nitrogens with zero attached hydrogens (tertiary/aromatic N) is 4. The van der Waals surface area contributed by atoms with Crippen molar-refractivity contribution in [1.29, 1.82) is 0 Å². The van der Waals surface area contributed by atoms with Gasteiger partial charge in [0.1, 0.15) is 39.3 Å². The second kappa shape index (κ2) is 10.7. The predicted molar refractivity (Wildman–Crippen MR) is 158 cm³/mol. The molecule has 12 nitrogen and oxygen atoms in total. The highest BCUT2D eigenvalue weighted by molar-refractivity contribution is 7.93. The highest BCUT2D eigenvalue weighted by Crippen LogP contribution is 2.49. The molecule has 3 N–H and O–H groups in total. The number of nitrogens with two attached hydrogens (primary N) is 1. The number of fused-ring (bicyclic) bond motifs is 4. The Morgan fingerprint density at radius 3 is 2.36 bits per heavy atom. The molecule has 4 saturated heterocycles. The summed E-state index contributed by atoms with van der Waals surface area (Å²) < 4.78 is 31.2. The summed E-state index contributed by atoms with van der Waals surface area (Å²) >= 11 is 0. The Morgan fingerprint density at radius 1 is 1.11 bits per heavy atom. The summed E-state index contributed by atoms with van der Waals surface area (Å²) in [5.41, 5.74) is 6.93. The number of piperazine rings is 3. The fourth-order valence-corrected chi connectivity index (χ4v) is 10.4. The molecule has 2 bridgehead atoms. The van der Waals surface area contributed by atoms with Crippen LogP contribution in [0, 0.1) is 11.8 Å². The van der Waals surface area contributed by atoms with Crippen LogP contribution >= 0.6 is 0 Å². The molecule has 14 heteroatoms. The molecule has 6 aliphatic rings. The molecule has 0 aromatic heterocycles. The molecule has 2 aromatic rings. The Kier molecular flexibility index (Phi) is 7.52. The second-order valence-corrected chi connectivity index (χ2v) is 15.3. The quantitative estimate of drug-likeness (QED) is 0.204. The highest BCUT2D eigenvalue weighted by atomic mass is 35.5. The fraction of sp³-hybridized carbons (Fsp3) is 0.516. The van der Waals surface area contributed by atoms with Crippen molar-refractivity contribution in [1.82, 2.24) is 4.90 Å². The first-order chi connectivity index (χ1) is 20.8. The van der Waals surface area contributed by atoms with Crippen LogP contribution in [0.4, 0.5) is 5.69 Å². The van der Waals surface area contributed by atoms with Gasteiger partial charge < -0.3 is 47.0 Å². The Balaban J connectivity index is 0.00000357. The van der Waals surface area contributed by atoms with Gasteiger partial charge in [-0.2, -0.15) is 0 Å². The van der Waals surface area contributed by atoms with Crippen LogP contribution in [0.3, 0.4) is 0 Å². The van der Waals surface area contributed by atoms with Crippen molar-refractivity contribution in [3.8, 4) is 0 Å². The molecule has 0 saturated carbocycles. The van der Waals surface area contributed by atoms with Crippen LogP contribution < -0.4 is 27.6 Å². The topological polar surface area (TPSA) is 161 Å². The minimum absolute atomic E-state index is 0. The third kappa shape index (κ3) is 4.65. The van der Waals surface area contributed by atoms with E-state index >= 15 is 0 Å². The standard InChI is InChI=1S/C31H37N5O7S.ClH/c1-18-22(29(31(40)41)34-28(18)26(19(2)37)30(34)39)16-33-23-5-3-4-21-14-20(15-24(27(21)23)44(33,42)43)6-7-35-8-11-36(12-9-35,13-10-35)17-25(32)38;/h3-5,14-15,18-19,26,28,37H,6-13,16-17H2,1-2H3,(H-2,32,38,40,41);1H/t18-,19+,26+,28+,35?,36?;/m0./s1. The zero-order chi connectivity index (χ0) is 31.3. The van der Waals surface area contributed by atoms with E-state index in [-0.39, 0.29) is 35.5 Å². The van der Waals surface area contributed by atoms with E-state index in [1.807, 2.05) is 12.1 Å². The van der Waals surface area contributed by atoms with E-state index < -0.39 is 45.9 Å². The molecule has 6 heterocycles. The summed E-state index contributed by atoms with van der Waals surface area (Å²) in [4.78, 5) is 38.0.